The van der Waals surface area contributed by atoms with Crippen molar-refractivity contribution in [1.82, 2.24) is 4.98 Å². The van der Waals surface area contributed by atoms with Crippen LogP contribution in [0, 0.1) is 5.41 Å². The minimum Gasteiger partial charge on any atom is -0.493 e. The summed E-state index contributed by atoms with van der Waals surface area (Å²) < 4.78 is 10.9. The molecule has 0 bridgehead atoms. The summed E-state index contributed by atoms with van der Waals surface area (Å²) in [5.41, 5.74) is 0.811. The van der Waals surface area contributed by atoms with E-state index in [-0.39, 0.29) is 5.78 Å². The van der Waals surface area contributed by atoms with Gasteiger partial charge in [0.15, 0.2) is 17.3 Å². The van der Waals surface area contributed by atoms with Gasteiger partial charge in [-0.3, -0.25) is 10.2 Å². The Bertz CT molecular complexity index is 844. The van der Waals surface area contributed by atoms with E-state index in [1.54, 1.807) is 37.6 Å². The molecule has 25 heavy (non-hydrogen) atoms. The molecule has 1 atom stereocenters. The number of ether oxygens (including phenoxy) is 2. The van der Waals surface area contributed by atoms with Crippen LogP contribution in [0.4, 0.5) is 0 Å². The van der Waals surface area contributed by atoms with E-state index in [0.29, 0.717) is 33.1 Å². The highest BCUT2D eigenvalue weighted by molar-refractivity contribution is 8.19. The van der Waals surface area contributed by atoms with Gasteiger partial charge in [0.2, 0.25) is 0 Å². The summed E-state index contributed by atoms with van der Waals surface area (Å²) in [6, 6.07) is 5.45. The fourth-order valence-electron chi connectivity index (χ4n) is 2.38. The Morgan fingerprint density at radius 3 is 2.92 bits per heavy atom. The monoisotopic (exact) mass is 372 g/mol. The van der Waals surface area contributed by atoms with Gasteiger partial charge in [-0.05, 0) is 23.8 Å². The van der Waals surface area contributed by atoms with Gasteiger partial charge >= 0.3 is 0 Å². The highest BCUT2D eigenvalue weighted by atomic mass is 32.2. The standard InChI is InChI=1S/C18H16N2O3S2/c1-3-7-23-12-5-4-11(9-13(12)22-2)10-14-16(21)15(17(19)25-14)18-20-6-8-24-18/h3-6,8-10,15,19H,1,7H2,2H3/b14-10-,19-17?/t15-/m0/s1. The largest absolute Gasteiger partial charge is 0.493 e. The summed E-state index contributed by atoms with van der Waals surface area (Å²) in [4.78, 5) is 17.4. The summed E-state index contributed by atoms with van der Waals surface area (Å²) in [7, 11) is 1.57. The lowest BCUT2D eigenvalue weighted by atomic mass is 10.0. The predicted octanol–water partition coefficient (Wildman–Crippen LogP) is 4.13. The smallest absolute Gasteiger partial charge is 0.186 e. The Hall–Kier alpha value is -2.38. The molecule has 1 aliphatic heterocycles. The van der Waals surface area contributed by atoms with Crippen LogP contribution in [0.3, 0.4) is 0 Å². The summed E-state index contributed by atoms with van der Waals surface area (Å²) in [6.07, 6.45) is 5.09. The van der Waals surface area contributed by atoms with Crippen molar-refractivity contribution in [3.63, 3.8) is 0 Å². The fourth-order valence-corrected chi connectivity index (χ4v) is 4.19. The van der Waals surface area contributed by atoms with Crippen molar-refractivity contribution in [2.75, 3.05) is 13.7 Å². The summed E-state index contributed by atoms with van der Waals surface area (Å²) >= 11 is 2.58. The van der Waals surface area contributed by atoms with Gasteiger partial charge in [0, 0.05) is 11.6 Å². The van der Waals surface area contributed by atoms with Gasteiger partial charge in [-0.25, -0.2) is 4.98 Å². The number of allylic oxidation sites excluding steroid dienone is 1. The molecule has 0 amide bonds. The lowest BCUT2D eigenvalue weighted by molar-refractivity contribution is -0.114. The van der Waals surface area contributed by atoms with Crippen molar-refractivity contribution in [3.8, 4) is 11.5 Å². The first kappa shape index (κ1) is 17.4. The van der Waals surface area contributed by atoms with Gasteiger partial charge in [0.1, 0.15) is 17.5 Å². The van der Waals surface area contributed by atoms with Crippen molar-refractivity contribution in [2.45, 2.75) is 5.92 Å². The van der Waals surface area contributed by atoms with Gasteiger partial charge in [-0.2, -0.15) is 0 Å². The van der Waals surface area contributed by atoms with E-state index in [1.807, 2.05) is 11.4 Å². The quantitative estimate of drug-likeness (QED) is 0.610. The van der Waals surface area contributed by atoms with Crippen LogP contribution in [0.2, 0.25) is 0 Å². The Morgan fingerprint density at radius 2 is 2.24 bits per heavy atom. The highest BCUT2D eigenvalue weighted by Gasteiger charge is 2.38. The molecule has 0 spiro atoms. The zero-order valence-corrected chi connectivity index (χ0v) is 15.2. The molecule has 2 aromatic rings. The van der Waals surface area contributed by atoms with Gasteiger partial charge < -0.3 is 9.47 Å². The maximum atomic E-state index is 12.7. The van der Waals surface area contributed by atoms with Crippen molar-refractivity contribution in [2.24, 2.45) is 0 Å². The van der Waals surface area contributed by atoms with Crippen molar-refractivity contribution >= 4 is 40.0 Å². The number of methoxy groups -OCH3 is 1. The van der Waals surface area contributed by atoms with E-state index in [2.05, 4.69) is 11.6 Å². The minimum atomic E-state index is -0.576. The first-order valence-electron chi connectivity index (χ1n) is 7.47. The number of carbonyl (C=O) groups is 1. The van der Waals surface area contributed by atoms with Crippen LogP contribution in [0.25, 0.3) is 6.08 Å². The Morgan fingerprint density at radius 1 is 1.40 bits per heavy atom. The van der Waals surface area contributed by atoms with Crippen LogP contribution in [0.1, 0.15) is 16.5 Å². The molecule has 1 aromatic heterocycles. The van der Waals surface area contributed by atoms with E-state index >= 15 is 0 Å². The number of nitrogens with zero attached hydrogens (tertiary/aromatic N) is 1. The van der Waals surface area contributed by atoms with Crippen molar-refractivity contribution in [3.05, 3.63) is 57.9 Å². The number of rotatable bonds is 6. The third-order valence-electron chi connectivity index (χ3n) is 3.53. The molecule has 0 aliphatic carbocycles. The van der Waals surface area contributed by atoms with E-state index < -0.39 is 5.92 Å². The van der Waals surface area contributed by atoms with Crippen molar-refractivity contribution in [1.29, 1.82) is 5.41 Å². The second kappa shape index (κ2) is 7.67. The molecule has 1 aliphatic rings. The molecule has 3 rings (SSSR count). The summed E-state index contributed by atoms with van der Waals surface area (Å²) in [5, 5.41) is 10.9. The average molecular weight is 372 g/mol. The van der Waals surface area contributed by atoms with Crippen LogP contribution < -0.4 is 9.47 Å². The molecule has 1 saturated heterocycles. The van der Waals surface area contributed by atoms with Gasteiger partial charge in [0.25, 0.3) is 0 Å². The normalized spacial score (nSPS) is 18.6. The molecular formula is C18H16N2O3S2. The summed E-state index contributed by atoms with van der Waals surface area (Å²) in [6.45, 7) is 4.01. The predicted molar refractivity (Wildman–Crippen MR) is 102 cm³/mol. The number of carbonyl (C=O) groups excluding carboxylic acids is 1. The number of Topliss-reactive ketones (excluding diaryl/α,β-unsaturated/α-hetero) is 1. The molecule has 0 unspecified atom stereocenters. The molecule has 2 heterocycles. The number of nitrogens with one attached hydrogen (secondary N) is 1. The number of hydrogen-bond acceptors (Lipinski definition) is 7. The van der Waals surface area contributed by atoms with E-state index in [1.165, 1.54) is 23.1 Å². The third kappa shape index (κ3) is 3.67. The zero-order chi connectivity index (χ0) is 17.8. The lowest BCUT2D eigenvalue weighted by Gasteiger charge is -2.10. The highest BCUT2D eigenvalue weighted by Crippen LogP contribution is 2.41. The molecule has 7 heteroatoms. The van der Waals surface area contributed by atoms with E-state index in [9.17, 15) is 4.79 Å². The van der Waals surface area contributed by atoms with Crippen LogP contribution in [0.15, 0.2) is 47.3 Å². The molecule has 0 saturated carbocycles. The second-order valence-electron chi connectivity index (χ2n) is 5.15. The minimum absolute atomic E-state index is 0.0871. The zero-order valence-electron chi connectivity index (χ0n) is 13.5. The maximum Gasteiger partial charge on any atom is 0.186 e. The third-order valence-corrected chi connectivity index (χ3v) is 5.36. The average Bonchev–Trinajstić information content (AvgIpc) is 3.22. The number of thiazole rings is 1. The lowest BCUT2D eigenvalue weighted by Crippen LogP contribution is -2.11. The molecule has 1 fully saturated rings. The number of ketones is 1. The van der Waals surface area contributed by atoms with Crippen LogP contribution in [-0.2, 0) is 4.79 Å². The van der Waals surface area contributed by atoms with Gasteiger partial charge in [0.05, 0.1) is 17.1 Å². The van der Waals surface area contributed by atoms with Crippen LogP contribution >= 0.6 is 23.1 Å². The summed E-state index contributed by atoms with van der Waals surface area (Å²) in [5.74, 6) is 0.533. The number of aromatic nitrogens is 1. The molecular weight excluding hydrogens is 356 g/mol. The molecule has 0 radical (unpaired) electrons. The Balaban J connectivity index is 1.87. The van der Waals surface area contributed by atoms with E-state index in [0.717, 1.165) is 5.56 Å². The van der Waals surface area contributed by atoms with Gasteiger partial charge in [-0.1, -0.05) is 30.5 Å². The second-order valence-corrected chi connectivity index (χ2v) is 7.16. The molecule has 1 aromatic carbocycles. The molecule has 1 N–H and O–H groups in total. The first-order chi connectivity index (χ1) is 12.1. The van der Waals surface area contributed by atoms with E-state index in [4.69, 9.17) is 14.9 Å². The van der Waals surface area contributed by atoms with Crippen LogP contribution in [0.5, 0.6) is 11.5 Å². The molecule has 5 nitrogen and oxygen atoms in total. The first-order valence-corrected chi connectivity index (χ1v) is 9.17. The number of benzene rings is 1. The van der Waals surface area contributed by atoms with Gasteiger partial charge in [-0.15, -0.1) is 11.3 Å². The number of thioether (sulfide) groups is 1. The Kier molecular flexibility index (Phi) is 5.35. The van der Waals surface area contributed by atoms with Crippen molar-refractivity contribution < 1.29 is 14.3 Å². The topological polar surface area (TPSA) is 72.3 Å². The SMILES string of the molecule is C=CCOc1ccc(/C=C2\SC(=N)[C@@H](c3nccs3)C2=O)cc1OC. The van der Waals surface area contributed by atoms with Crippen LogP contribution in [-0.4, -0.2) is 29.5 Å². The molecule has 128 valence electrons. The fraction of sp³-hybridized carbons (Fsp3) is 0.167. The Labute approximate surface area is 153 Å². The maximum absolute atomic E-state index is 12.7. The number of hydrogen-bond donors (Lipinski definition) is 1.